The van der Waals surface area contributed by atoms with Crippen LogP contribution in [0.3, 0.4) is 0 Å². The van der Waals surface area contributed by atoms with Gasteiger partial charge in [0.05, 0.1) is 40.0 Å². The number of alkyl halides is 3. The van der Waals surface area contributed by atoms with E-state index >= 15 is 0 Å². The molecule has 3 aliphatic heterocycles. The number of piperazine rings is 1. The standard InChI is InChI=1S/C22H14ClF4N5O3/c23-15-5-11(2-4-16(15)24)29-20(34)30-9-13-7-17(30)18-19(33)32(21(35)31(13)18)12-3-1-10(8-28)14(6-12)22(25,26)27/h1-6,13,17-18H,7,9H2,(H,29,34)/t13-,17-,18+/m0/s1. The molecule has 35 heavy (non-hydrogen) atoms. The highest BCUT2D eigenvalue weighted by molar-refractivity contribution is 6.31. The van der Waals surface area contributed by atoms with Gasteiger partial charge in [-0.3, -0.25) is 4.79 Å². The number of amides is 5. The Labute approximate surface area is 200 Å². The lowest BCUT2D eigenvalue weighted by Crippen LogP contribution is -2.55. The molecular formula is C22H14ClF4N5O3. The van der Waals surface area contributed by atoms with Gasteiger partial charge >= 0.3 is 18.2 Å². The molecule has 5 amide bonds. The van der Waals surface area contributed by atoms with Crippen LogP contribution < -0.4 is 10.2 Å². The number of halogens is 5. The third-order valence-corrected chi connectivity index (χ3v) is 6.67. The monoisotopic (exact) mass is 507 g/mol. The topological polar surface area (TPSA) is 96.8 Å². The van der Waals surface area contributed by atoms with E-state index in [4.69, 9.17) is 16.9 Å². The number of nitriles is 1. The van der Waals surface area contributed by atoms with E-state index < -0.39 is 59.2 Å². The van der Waals surface area contributed by atoms with Gasteiger partial charge in [0.1, 0.15) is 11.9 Å². The molecule has 0 saturated carbocycles. The first-order valence-corrected chi connectivity index (χ1v) is 10.7. The molecule has 2 aromatic rings. The zero-order chi connectivity index (χ0) is 25.2. The molecule has 8 nitrogen and oxygen atoms in total. The summed E-state index contributed by atoms with van der Waals surface area (Å²) in [6.07, 6.45) is -4.53. The molecule has 2 bridgehead atoms. The molecule has 0 aliphatic carbocycles. The average Bonchev–Trinajstić information content (AvgIpc) is 3.46. The fraction of sp³-hybridized carbons (Fsp3) is 0.273. The third-order valence-electron chi connectivity index (χ3n) is 6.38. The lowest BCUT2D eigenvalue weighted by atomic mass is 10.1. The van der Waals surface area contributed by atoms with E-state index in [0.717, 1.165) is 18.2 Å². The number of anilines is 2. The Morgan fingerprint density at radius 1 is 1.17 bits per heavy atom. The molecular weight excluding hydrogens is 494 g/mol. The molecule has 0 aromatic heterocycles. The molecule has 3 atom stereocenters. The Hall–Kier alpha value is -3.85. The van der Waals surface area contributed by atoms with Crippen LogP contribution in [0.1, 0.15) is 17.5 Å². The van der Waals surface area contributed by atoms with Crippen LogP contribution in [0.4, 0.5) is 38.5 Å². The van der Waals surface area contributed by atoms with Gasteiger partial charge in [-0.1, -0.05) is 11.6 Å². The van der Waals surface area contributed by atoms with Crippen LogP contribution >= 0.6 is 11.6 Å². The van der Waals surface area contributed by atoms with Gasteiger partial charge in [-0.2, -0.15) is 18.4 Å². The highest BCUT2D eigenvalue weighted by Crippen LogP contribution is 2.43. The second kappa shape index (κ2) is 7.84. The number of benzene rings is 2. The minimum absolute atomic E-state index is 0.107. The van der Waals surface area contributed by atoms with Crippen LogP contribution in [0.25, 0.3) is 0 Å². The van der Waals surface area contributed by atoms with Crippen molar-refractivity contribution < 1.29 is 31.9 Å². The molecule has 3 fully saturated rings. The predicted octanol–water partition coefficient (Wildman–Crippen LogP) is 4.20. The first-order valence-electron chi connectivity index (χ1n) is 10.3. The Kier molecular flexibility index (Phi) is 5.14. The van der Waals surface area contributed by atoms with Gasteiger partial charge in [0.25, 0.3) is 5.91 Å². The number of nitrogens with zero attached hydrogens (tertiary/aromatic N) is 4. The van der Waals surface area contributed by atoms with E-state index in [1.165, 1.54) is 28.0 Å². The van der Waals surface area contributed by atoms with Crippen molar-refractivity contribution in [1.29, 1.82) is 5.26 Å². The molecule has 5 rings (SSSR count). The van der Waals surface area contributed by atoms with E-state index in [1.807, 2.05) is 0 Å². The number of likely N-dealkylation sites (tertiary alicyclic amines) is 1. The van der Waals surface area contributed by atoms with Crippen molar-refractivity contribution >= 4 is 40.9 Å². The second-order valence-electron chi connectivity index (χ2n) is 8.32. The van der Waals surface area contributed by atoms with Crippen molar-refractivity contribution in [2.24, 2.45) is 0 Å². The minimum atomic E-state index is -4.86. The molecule has 3 saturated heterocycles. The van der Waals surface area contributed by atoms with Crippen molar-refractivity contribution in [1.82, 2.24) is 9.80 Å². The van der Waals surface area contributed by atoms with Crippen LogP contribution in [-0.2, 0) is 11.0 Å². The van der Waals surface area contributed by atoms with Crippen molar-refractivity contribution in [2.45, 2.75) is 30.7 Å². The van der Waals surface area contributed by atoms with Gasteiger partial charge in [-0.15, -0.1) is 0 Å². The number of fused-ring (bicyclic) bond motifs is 5. The first kappa shape index (κ1) is 22.9. The molecule has 0 unspecified atom stereocenters. The summed E-state index contributed by atoms with van der Waals surface area (Å²) in [5, 5.41) is 11.4. The zero-order valence-corrected chi connectivity index (χ0v) is 18.3. The van der Waals surface area contributed by atoms with E-state index in [-0.39, 0.29) is 22.9 Å². The molecule has 0 spiro atoms. The minimum Gasteiger partial charge on any atom is -0.317 e. The number of hydrogen-bond acceptors (Lipinski definition) is 4. The maximum absolute atomic E-state index is 13.4. The molecule has 0 radical (unpaired) electrons. The summed E-state index contributed by atoms with van der Waals surface area (Å²) in [6.45, 7) is 0.107. The fourth-order valence-electron chi connectivity index (χ4n) is 4.90. The first-order chi connectivity index (χ1) is 16.5. The van der Waals surface area contributed by atoms with E-state index in [9.17, 15) is 31.9 Å². The SMILES string of the molecule is N#Cc1ccc(N2C(=O)[C@H]3[C@@H]4C[C@@H](CN4C(=O)Nc4ccc(F)c(Cl)c4)N3C2=O)cc1C(F)(F)F. The summed E-state index contributed by atoms with van der Waals surface area (Å²) in [5.74, 6) is -1.42. The number of nitrogens with one attached hydrogen (secondary N) is 1. The van der Waals surface area contributed by atoms with Crippen LogP contribution in [0.5, 0.6) is 0 Å². The summed E-state index contributed by atoms with van der Waals surface area (Å²) < 4.78 is 53.6. The number of carbonyl (C=O) groups is 3. The van der Waals surface area contributed by atoms with Crippen LogP contribution in [0.15, 0.2) is 36.4 Å². The van der Waals surface area contributed by atoms with Gasteiger partial charge < -0.3 is 15.1 Å². The number of hydrogen-bond donors (Lipinski definition) is 1. The van der Waals surface area contributed by atoms with Crippen molar-refractivity contribution in [3.8, 4) is 6.07 Å². The average molecular weight is 508 g/mol. The molecule has 1 N–H and O–H groups in total. The van der Waals surface area contributed by atoms with Crippen LogP contribution in [0, 0.1) is 17.1 Å². The van der Waals surface area contributed by atoms with Crippen molar-refractivity contribution in [3.05, 3.63) is 58.4 Å². The highest BCUT2D eigenvalue weighted by Gasteiger charge is 2.63. The van der Waals surface area contributed by atoms with E-state index in [1.54, 1.807) is 0 Å². The van der Waals surface area contributed by atoms with Crippen molar-refractivity contribution in [2.75, 3.05) is 16.8 Å². The Balaban J connectivity index is 1.40. The van der Waals surface area contributed by atoms with Gasteiger partial charge in [0, 0.05) is 12.2 Å². The number of imide groups is 1. The predicted molar refractivity (Wildman–Crippen MR) is 114 cm³/mol. The Bertz CT molecular complexity index is 1330. The largest absolute Gasteiger partial charge is 0.417 e. The Morgan fingerprint density at radius 3 is 2.57 bits per heavy atom. The number of carbonyl (C=O) groups excluding carboxylic acids is 3. The van der Waals surface area contributed by atoms with Crippen LogP contribution in [0.2, 0.25) is 5.02 Å². The summed E-state index contributed by atoms with van der Waals surface area (Å²) >= 11 is 5.74. The van der Waals surface area contributed by atoms with E-state index in [2.05, 4.69) is 5.32 Å². The molecule has 180 valence electrons. The van der Waals surface area contributed by atoms with Gasteiger partial charge in [-0.25, -0.2) is 18.9 Å². The molecule has 2 aromatic carbocycles. The number of urea groups is 2. The summed E-state index contributed by atoms with van der Waals surface area (Å²) in [5.41, 5.74) is -1.97. The van der Waals surface area contributed by atoms with E-state index in [0.29, 0.717) is 17.4 Å². The summed E-state index contributed by atoms with van der Waals surface area (Å²) in [7, 11) is 0. The summed E-state index contributed by atoms with van der Waals surface area (Å²) in [4.78, 5) is 42.4. The maximum atomic E-state index is 13.4. The fourth-order valence-corrected chi connectivity index (χ4v) is 5.08. The smallest absolute Gasteiger partial charge is 0.317 e. The molecule has 3 aliphatic rings. The van der Waals surface area contributed by atoms with Crippen LogP contribution in [-0.4, -0.2) is 52.4 Å². The maximum Gasteiger partial charge on any atom is 0.417 e. The quantitative estimate of drug-likeness (QED) is 0.487. The lowest BCUT2D eigenvalue weighted by Gasteiger charge is -2.34. The van der Waals surface area contributed by atoms with Crippen molar-refractivity contribution in [3.63, 3.8) is 0 Å². The normalized spacial score (nSPS) is 23.1. The highest BCUT2D eigenvalue weighted by atomic mass is 35.5. The second-order valence-corrected chi connectivity index (χ2v) is 8.72. The molecule has 3 heterocycles. The lowest BCUT2D eigenvalue weighted by molar-refractivity contribution is -0.137. The Morgan fingerprint density at radius 2 is 1.91 bits per heavy atom. The van der Waals surface area contributed by atoms with Gasteiger partial charge in [0.2, 0.25) is 0 Å². The van der Waals surface area contributed by atoms with Gasteiger partial charge in [0.15, 0.2) is 0 Å². The van der Waals surface area contributed by atoms with Gasteiger partial charge in [-0.05, 0) is 42.8 Å². The third kappa shape index (κ3) is 3.54. The summed E-state index contributed by atoms with van der Waals surface area (Å²) in [6, 6.07) is 4.06. The zero-order valence-electron chi connectivity index (χ0n) is 17.5. The molecule has 13 heteroatoms. The number of rotatable bonds is 2.